The Balaban J connectivity index is 2.37. The van der Waals surface area contributed by atoms with Crippen LogP contribution in [0.15, 0.2) is 0 Å². The summed E-state index contributed by atoms with van der Waals surface area (Å²) in [6.07, 6.45) is 0.317. The lowest BCUT2D eigenvalue weighted by Gasteiger charge is -2.11. The highest BCUT2D eigenvalue weighted by Gasteiger charge is 2.27. The third kappa shape index (κ3) is 1.99. The zero-order valence-electron chi connectivity index (χ0n) is 7.75. The Morgan fingerprint density at radius 1 is 1.53 bits per heavy atom. The number of carboxylic acids is 1. The van der Waals surface area contributed by atoms with Gasteiger partial charge >= 0.3 is 5.97 Å². The summed E-state index contributed by atoms with van der Waals surface area (Å²) in [5.41, 5.74) is 0.995. The Morgan fingerprint density at radius 3 is 2.93 bits per heavy atom. The van der Waals surface area contributed by atoms with Crippen molar-refractivity contribution in [3.8, 4) is 0 Å². The Morgan fingerprint density at radius 2 is 2.27 bits per heavy atom. The third-order valence-electron chi connectivity index (χ3n) is 2.21. The second-order valence-electron chi connectivity index (χ2n) is 3.38. The molecule has 1 aliphatic rings. The maximum absolute atomic E-state index is 11.3. The first-order chi connectivity index (χ1) is 6.98. The topological polar surface area (TPSA) is 102 Å². The van der Waals surface area contributed by atoms with Crippen molar-refractivity contribution in [3.63, 3.8) is 0 Å². The standard InChI is InChI=1S/C7H9N3O4S/c11-7(12)3-10-6-4-15(13,14)2-1-5(6)8-9-10/h1-4H2,(H,11,12). The van der Waals surface area contributed by atoms with Crippen molar-refractivity contribution >= 4 is 15.8 Å². The van der Waals surface area contributed by atoms with Gasteiger partial charge in [0.15, 0.2) is 9.84 Å². The van der Waals surface area contributed by atoms with E-state index >= 15 is 0 Å². The van der Waals surface area contributed by atoms with E-state index in [1.807, 2.05) is 0 Å². The number of hydrogen-bond acceptors (Lipinski definition) is 5. The quantitative estimate of drug-likeness (QED) is 0.688. The van der Waals surface area contributed by atoms with E-state index in [1.54, 1.807) is 0 Å². The van der Waals surface area contributed by atoms with Gasteiger partial charge in [-0.3, -0.25) is 4.79 Å². The van der Waals surface area contributed by atoms with Gasteiger partial charge in [-0.05, 0) is 0 Å². The first kappa shape index (κ1) is 10.1. The van der Waals surface area contributed by atoms with Gasteiger partial charge in [-0.1, -0.05) is 5.21 Å². The molecule has 1 aromatic heterocycles. The maximum atomic E-state index is 11.3. The molecule has 1 aromatic rings. The Bertz CT molecular complexity index is 504. The number of aromatic nitrogens is 3. The molecule has 0 unspecified atom stereocenters. The minimum atomic E-state index is -3.12. The molecule has 82 valence electrons. The van der Waals surface area contributed by atoms with Gasteiger partial charge in [0.05, 0.1) is 22.9 Å². The number of fused-ring (bicyclic) bond motifs is 1. The van der Waals surface area contributed by atoms with Crippen LogP contribution in [0.2, 0.25) is 0 Å². The zero-order chi connectivity index (χ0) is 11.1. The molecule has 0 bridgehead atoms. The van der Waals surface area contributed by atoms with Crippen molar-refractivity contribution in [2.45, 2.75) is 18.7 Å². The van der Waals surface area contributed by atoms with E-state index in [-0.39, 0.29) is 18.1 Å². The smallest absolute Gasteiger partial charge is 0.325 e. The van der Waals surface area contributed by atoms with Crippen molar-refractivity contribution in [2.24, 2.45) is 0 Å². The summed E-state index contributed by atoms with van der Waals surface area (Å²) in [6.45, 7) is -0.349. The predicted molar refractivity (Wildman–Crippen MR) is 48.9 cm³/mol. The molecule has 0 aromatic carbocycles. The van der Waals surface area contributed by atoms with Crippen LogP contribution >= 0.6 is 0 Å². The van der Waals surface area contributed by atoms with Gasteiger partial charge < -0.3 is 5.11 Å². The Hall–Kier alpha value is -1.44. The van der Waals surface area contributed by atoms with Crippen LogP contribution in [-0.2, 0) is 33.4 Å². The van der Waals surface area contributed by atoms with Crippen LogP contribution in [0.5, 0.6) is 0 Å². The molecule has 2 rings (SSSR count). The lowest BCUT2D eigenvalue weighted by Crippen LogP contribution is -2.22. The molecule has 8 heteroatoms. The number of aliphatic carboxylic acids is 1. The number of sulfone groups is 1. The van der Waals surface area contributed by atoms with Crippen LogP contribution in [0.1, 0.15) is 11.4 Å². The molecule has 1 aliphatic heterocycles. The maximum Gasteiger partial charge on any atom is 0.325 e. The molecule has 0 radical (unpaired) electrons. The Labute approximate surface area is 85.6 Å². The molecule has 2 heterocycles. The highest BCUT2D eigenvalue weighted by atomic mass is 32.2. The molecule has 0 saturated carbocycles. The fraction of sp³-hybridized carbons (Fsp3) is 0.571. The number of aryl methyl sites for hydroxylation is 1. The molecule has 0 saturated heterocycles. The lowest BCUT2D eigenvalue weighted by atomic mass is 10.3. The van der Waals surface area contributed by atoms with E-state index in [1.165, 1.54) is 0 Å². The summed E-state index contributed by atoms with van der Waals surface area (Å²) >= 11 is 0. The molecule has 1 N–H and O–H groups in total. The van der Waals surface area contributed by atoms with Crippen molar-refractivity contribution in [1.29, 1.82) is 0 Å². The van der Waals surface area contributed by atoms with Crippen LogP contribution in [-0.4, -0.2) is 40.2 Å². The summed E-state index contributed by atoms with van der Waals surface area (Å²) in [5.74, 6) is -1.17. The van der Waals surface area contributed by atoms with E-state index in [9.17, 15) is 13.2 Å². The average Bonchev–Trinajstić information content (AvgIpc) is 2.46. The largest absolute Gasteiger partial charge is 0.480 e. The van der Waals surface area contributed by atoms with E-state index < -0.39 is 15.8 Å². The summed E-state index contributed by atoms with van der Waals surface area (Å²) in [4.78, 5) is 10.5. The minimum absolute atomic E-state index is 0.0613. The van der Waals surface area contributed by atoms with Gasteiger partial charge in [0.1, 0.15) is 6.54 Å². The number of rotatable bonds is 2. The second kappa shape index (κ2) is 3.30. The number of hydrogen-bond donors (Lipinski definition) is 1. The monoisotopic (exact) mass is 231 g/mol. The van der Waals surface area contributed by atoms with Crippen LogP contribution < -0.4 is 0 Å². The van der Waals surface area contributed by atoms with E-state index in [0.717, 1.165) is 4.68 Å². The van der Waals surface area contributed by atoms with E-state index in [0.29, 0.717) is 17.8 Å². The molecule has 0 atom stereocenters. The van der Waals surface area contributed by atoms with Crippen molar-refractivity contribution < 1.29 is 18.3 Å². The molecular formula is C7H9N3O4S. The van der Waals surface area contributed by atoms with E-state index in [2.05, 4.69) is 10.3 Å². The normalized spacial score (nSPS) is 18.4. The Kier molecular flexibility index (Phi) is 2.22. The first-order valence-electron chi connectivity index (χ1n) is 4.31. The molecule has 7 nitrogen and oxygen atoms in total. The van der Waals surface area contributed by atoms with Gasteiger partial charge in [-0.2, -0.15) is 0 Å². The predicted octanol–water partition coefficient (Wildman–Crippen LogP) is -1.17. The third-order valence-corrected chi connectivity index (χ3v) is 3.75. The molecule has 0 aliphatic carbocycles. The van der Waals surface area contributed by atoms with Gasteiger partial charge in [-0.25, -0.2) is 13.1 Å². The highest BCUT2D eigenvalue weighted by Crippen LogP contribution is 2.17. The number of nitrogens with zero attached hydrogens (tertiary/aromatic N) is 3. The summed E-state index contributed by atoms with van der Waals surface area (Å²) < 4.78 is 23.8. The minimum Gasteiger partial charge on any atom is -0.480 e. The van der Waals surface area contributed by atoms with Crippen LogP contribution in [0.25, 0.3) is 0 Å². The summed E-state index contributed by atoms with van der Waals surface area (Å²) in [6, 6.07) is 0. The van der Waals surface area contributed by atoms with Gasteiger partial charge in [0.2, 0.25) is 0 Å². The van der Waals surface area contributed by atoms with Gasteiger partial charge in [-0.15, -0.1) is 5.10 Å². The highest BCUT2D eigenvalue weighted by molar-refractivity contribution is 7.90. The van der Waals surface area contributed by atoms with E-state index in [4.69, 9.17) is 5.11 Å². The molecular weight excluding hydrogens is 222 g/mol. The fourth-order valence-electron chi connectivity index (χ4n) is 1.51. The van der Waals surface area contributed by atoms with Gasteiger partial charge in [0, 0.05) is 6.42 Å². The summed E-state index contributed by atoms with van der Waals surface area (Å²) in [7, 11) is -3.12. The summed E-state index contributed by atoms with van der Waals surface area (Å²) in [5, 5.41) is 16.0. The average molecular weight is 231 g/mol. The SMILES string of the molecule is O=C(O)Cn1nnc2c1CS(=O)(=O)CC2. The molecule has 0 fully saturated rings. The molecule has 0 amide bonds. The first-order valence-corrected chi connectivity index (χ1v) is 6.13. The van der Waals surface area contributed by atoms with Gasteiger partial charge in [0.25, 0.3) is 0 Å². The van der Waals surface area contributed by atoms with Crippen LogP contribution in [0.4, 0.5) is 0 Å². The number of carboxylic acid groups (broad SMARTS) is 1. The van der Waals surface area contributed by atoms with Crippen molar-refractivity contribution in [3.05, 3.63) is 11.4 Å². The molecule has 15 heavy (non-hydrogen) atoms. The van der Waals surface area contributed by atoms with Crippen molar-refractivity contribution in [2.75, 3.05) is 5.75 Å². The second-order valence-corrected chi connectivity index (χ2v) is 5.56. The van der Waals surface area contributed by atoms with Crippen LogP contribution in [0.3, 0.4) is 0 Å². The van der Waals surface area contributed by atoms with Crippen molar-refractivity contribution in [1.82, 2.24) is 15.0 Å². The number of carbonyl (C=O) groups is 1. The molecule has 0 spiro atoms. The zero-order valence-corrected chi connectivity index (χ0v) is 8.57. The van der Waals surface area contributed by atoms with Crippen LogP contribution in [0, 0.1) is 0 Å². The fourth-order valence-corrected chi connectivity index (χ4v) is 2.89. The lowest BCUT2D eigenvalue weighted by molar-refractivity contribution is -0.137.